The van der Waals surface area contributed by atoms with Gasteiger partial charge in [-0.05, 0) is 35.7 Å². The Morgan fingerprint density at radius 2 is 1.73 bits per heavy atom. The predicted molar refractivity (Wildman–Crippen MR) is 103 cm³/mol. The highest BCUT2D eigenvalue weighted by Gasteiger charge is 2.23. The highest BCUT2D eigenvalue weighted by Crippen LogP contribution is 2.37. The second kappa shape index (κ2) is 7.97. The van der Waals surface area contributed by atoms with Crippen LogP contribution in [0.5, 0.6) is 0 Å². The molecule has 26 heavy (non-hydrogen) atoms. The van der Waals surface area contributed by atoms with Gasteiger partial charge >= 0.3 is 5.69 Å². The van der Waals surface area contributed by atoms with E-state index in [1.165, 1.54) is 23.7 Å². The van der Waals surface area contributed by atoms with Crippen molar-refractivity contribution in [2.45, 2.75) is 29.7 Å². The minimum absolute atomic E-state index is 0.130. The van der Waals surface area contributed by atoms with Crippen molar-refractivity contribution in [3.05, 3.63) is 76.6 Å². The zero-order valence-electron chi connectivity index (χ0n) is 14.4. The molecule has 7 heteroatoms. The summed E-state index contributed by atoms with van der Waals surface area (Å²) in [5, 5.41) is 15.0. The van der Waals surface area contributed by atoms with Gasteiger partial charge in [0.25, 0.3) is 0 Å². The van der Waals surface area contributed by atoms with Crippen LogP contribution in [-0.4, -0.2) is 14.9 Å². The Balaban J connectivity index is 1.91. The zero-order valence-corrected chi connectivity index (χ0v) is 15.2. The molecule has 0 aliphatic heterocycles. The van der Waals surface area contributed by atoms with Gasteiger partial charge in [-0.1, -0.05) is 55.9 Å². The molecule has 0 saturated carbocycles. The molecular weight excluding hydrogens is 348 g/mol. The first-order chi connectivity index (χ1) is 12.5. The Hall–Kier alpha value is -2.93. The Labute approximate surface area is 155 Å². The third-order valence-electron chi connectivity index (χ3n) is 3.77. The largest absolute Gasteiger partial charge is 0.343 e. The lowest BCUT2D eigenvalue weighted by Crippen LogP contribution is -2.03. The average molecular weight is 366 g/mol. The minimum atomic E-state index is -0.448. The molecule has 0 aliphatic rings. The second-order valence-corrected chi connectivity index (χ2v) is 7.01. The van der Waals surface area contributed by atoms with Crippen LogP contribution in [0.2, 0.25) is 0 Å². The Morgan fingerprint density at radius 1 is 1.04 bits per heavy atom. The van der Waals surface area contributed by atoms with Gasteiger partial charge in [0.15, 0.2) is 5.03 Å². The average Bonchev–Trinajstić information content (AvgIpc) is 2.63. The van der Waals surface area contributed by atoms with Gasteiger partial charge in [0.05, 0.1) is 4.92 Å². The Kier molecular flexibility index (Phi) is 5.48. The van der Waals surface area contributed by atoms with E-state index in [9.17, 15) is 10.1 Å². The summed E-state index contributed by atoms with van der Waals surface area (Å²) >= 11 is 1.24. The standard InChI is InChI=1S/C19H18N4O2S/c1-13(2)14-8-10-15(11-9-14)22-18-17(23(24)25)19(21-12-20-18)26-16-6-4-3-5-7-16/h3-13H,1-2H3,(H,20,21,22). The van der Waals surface area contributed by atoms with Crippen molar-refractivity contribution in [1.29, 1.82) is 0 Å². The van der Waals surface area contributed by atoms with Crippen molar-refractivity contribution >= 4 is 29.0 Å². The first-order valence-electron chi connectivity index (χ1n) is 8.14. The Morgan fingerprint density at radius 3 is 2.35 bits per heavy atom. The molecule has 0 atom stereocenters. The van der Waals surface area contributed by atoms with Gasteiger partial charge in [-0.25, -0.2) is 9.97 Å². The molecule has 0 amide bonds. The summed E-state index contributed by atoms with van der Waals surface area (Å²) in [6.45, 7) is 4.23. The quantitative estimate of drug-likeness (QED) is 0.357. The number of hydrogen-bond donors (Lipinski definition) is 1. The molecule has 0 spiro atoms. The maximum absolute atomic E-state index is 11.6. The lowest BCUT2D eigenvalue weighted by Gasteiger charge is -2.10. The maximum Gasteiger partial charge on any atom is 0.343 e. The maximum atomic E-state index is 11.6. The molecule has 1 N–H and O–H groups in total. The number of anilines is 2. The van der Waals surface area contributed by atoms with Crippen LogP contribution in [-0.2, 0) is 0 Å². The van der Waals surface area contributed by atoms with Crippen molar-refractivity contribution in [2.24, 2.45) is 0 Å². The summed E-state index contributed by atoms with van der Waals surface area (Å²) in [6, 6.07) is 17.2. The molecule has 132 valence electrons. The molecule has 0 unspecified atom stereocenters. The smallest absolute Gasteiger partial charge is 0.334 e. The molecule has 0 aliphatic carbocycles. The van der Waals surface area contributed by atoms with Crippen LogP contribution in [0, 0.1) is 10.1 Å². The summed E-state index contributed by atoms with van der Waals surface area (Å²) < 4.78 is 0. The normalized spacial score (nSPS) is 10.7. The van der Waals surface area contributed by atoms with Crippen LogP contribution in [0.25, 0.3) is 0 Å². The number of nitrogens with one attached hydrogen (secondary N) is 1. The van der Waals surface area contributed by atoms with Gasteiger partial charge in [-0.2, -0.15) is 0 Å². The number of aromatic nitrogens is 2. The van der Waals surface area contributed by atoms with Crippen LogP contribution in [0.4, 0.5) is 17.2 Å². The molecular formula is C19H18N4O2S. The van der Waals surface area contributed by atoms with Gasteiger partial charge in [0.1, 0.15) is 6.33 Å². The third-order valence-corrected chi connectivity index (χ3v) is 4.77. The summed E-state index contributed by atoms with van der Waals surface area (Å²) in [6.07, 6.45) is 1.34. The van der Waals surface area contributed by atoms with E-state index in [0.717, 1.165) is 10.6 Å². The number of nitro groups is 1. The highest BCUT2D eigenvalue weighted by molar-refractivity contribution is 7.99. The van der Waals surface area contributed by atoms with Gasteiger partial charge in [-0.15, -0.1) is 0 Å². The fourth-order valence-corrected chi connectivity index (χ4v) is 3.27. The summed E-state index contributed by atoms with van der Waals surface area (Å²) in [5.74, 6) is 0.604. The van der Waals surface area contributed by atoms with Gasteiger partial charge < -0.3 is 5.32 Å². The molecule has 0 fully saturated rings. The molecule has 3 rings (SSSR count). The second-order valence-electron chi connectivity index (χ2n) is 5.95. The molecule has 3 aromatic rings. The number of hydrogen-bond acceptors (Lipinski definition) is 6. The van der Waals surface area contributed by atoms with E-state index in [0.29, 0.717) is 10.9 Å². The van der Waals surface area contributed by atoms with Crippen molar-refractivity contribution in [2.75, 3.05) is 5.32 Å². The van der Waals surface area contributed by atoms with Crippen LogP contribution < -0.4 is 5.32 Å². The van der Waals surface area contributed by atoms with Crippen LogP contribution in [0.15, 0.2) is 70.8 Å². The molecule has 2 aromatic carbocycles. The van der Waals surface area contributed by atoms with Gasteiger partial charge in [0, 0.05) is 10.6 Å². The highest BCUT2D eigenvalue weighted by atomic mass is 32.2. The number of nitrogens with zero attached hydrogens (tertiary/aromatic N) is 3. The summed E-state index contributed by atoms with van der Waals surface area (Å²) in [5.41, 5.74) is 1.81. The topological polar surface area (TPSA) is 81.0 Å². The lowest BCUT2D eigenvalue weighted by atomic mass is 10.0. The number of benzene rings is 2. The molecule has 1 heterocycles. The van der Waals surface area contributed by atoms with Crippen molar-refractivity contribution in [3.8, 4) is 0 Å². The fourth-order valence-electron chi connectivity index (χ4n) is 2.38. The van der Waals surface area contributed by atoms with Gasteiger partial charge in [0.2, 0.25) is 5.82 Å². The van der Waals surface area contributed by atoms with E-state index in [1.54, 1.807) is 0 Å². The fraction of sp³-hybridized carbons (Fsp3) is 0.158. The first kappa shape index (κ1) is 17.9. The van der Waals surface area contributed by atoms with E-state index in [2.05, 4.69) is 29.1 Å². The van der Waals surface area contributed by atoms with Crippen molar-refractivity contribution < 1.29 is 4.92 Å². The summed E-state index contributed by atoms with van der Waals surface area (Å²) in [4.78, 5) is 20.2. The monoisotopic (exact) mass is 366 g/mol. The predicted octanol–water partition coefficient (Wildman–Crippen LogP) is 5.40. The number of rotatable bonds is 6. The van der Waals surface area contributed by atoms with Crippen LogP contribution >= 0.6 is 11.8 Å². The van der Waals surface area contributed by atoms with E-state index in [1.807, 2.05) is 54.6 Å². The van der Waals surface area contributed by atoms with E-state index in [4.69, 9.17) is 0 Å². The SMILES string of the molecule is CC(C)c1ccc(Nc2ncnc(Sc3ccccc3)c2[N+](=O)[O-])cc1. The van der Waals surface area contributed by atoms with Crippen LogP contribution in [0.1, 0.15) is 25.3 Å². The summed E-state index contributed by atoms with van der Waals surface area (Å²) in [7, 11) is 0. The third kappa shape index (κ3) is 4.18. The molecule has 0 saturated heterocycles. The molecule has 0 radical (unpaired) electrons. The molecule has 1 aromatic heterocycles. The molecule has 0 bridgehead atoms. The zero-order chi connectivity index (χ0) is 18.5. The Bertz CT molecular complexity index is 899. The van der Waals surface area contributed by atoms with Crippen molar-refractivity contribution in [1.82, 2.24) is 9.97 Å². The minimum Gasteiger partial charge on any atom is -0.334 e. The van der Waals surface area contributed by atoms with Gasteiger partial charge in [-0.3, -0.25) is 10.1 Å². The van der Waals surface area contributed by atoms with Crippen molar-refractivity contribution in [3.63, 3.8) is 0 Å². The first-order valence-corrected chi connectivity index (χ1v) is 8.95. The lowest BCUT2D eigenvalue weighted by molar-refractivity contribution is -0.387. The van der Waals surface area contributed by atoms with E-state index >= 15 is 0 Å². The van der Waals surface area contributed by atoms with Crippen LogP contribution in [0.3, 0.4) is 0 Å². The van der Waals surface area contributed by atoms with E-state index < -0.39 is 4.92 Å². The molecule has 6 nitrogen and oxygen atoms in total. The van der Waals surface area contributed by atoms with E-state index in [-0.39, 0.29) is 11.5 Å².